The molecule has 2 aliphatic heterocycles. The summed E-state index contributed by atoms with van der Waals surface area (Å²) in [5.74, 6) is 2.28. The summed E-state index contributed by atoms with van der Waals surface area (Å²) < 4.78 is 76.0. The molecule has 2 N–H and O–H groups in total. The molecule has 70 heavy (non-hydrogen) atoms. The molecule has 4 aromatic carbocycles. The van der Waals surface area contributed by atoms with Gasteiger partial charge in [0.25, 0.3) is 32.1 Å². The molecule has 0 aromatic heterocycles. The first-order valence-corrected chi connectivity index (χ1v) is 27.0. The fourth-order valence-corrected chi connectivity index (χ4v) is 8.52. The van der Waals surface area contributed by atoms with Crippen LogP contribution in [0.3, 0.4) is 0 Å². The second-order valence-corrected chi connectivity index (χ2v) is 20.4. The van der Waals surface area contributed by atoms with Crippen molar-refractivity contribution in [2.45, 2.75) is 118 Å². The number of carbonyl (C=O) groups excluding carboxylic acids is 2. The molecule has 2 heterocycles. The van der Waals surface area contributed by atoms with Gasteiger partial charge in [0, 0.05) is 0 Å². The molecule has 2 aliphatic rings. The fourth-order valence-electron chi connectivity index (χ4n) is 7.56. The molecule has 378 valence electrons. The van der Waals surface area contributed by atoms with Crippen molar-refractivity contribution in [3.8, 4) is 11.5 Å². The van der Waals surface area contributed by atoms with Gasteiger partial charge in [-0.3, -0.25) is 18.7 Å². The lowest BCUT2D eigenvalue weighted by atomic mass is 9.98. The van der Waals surface area contributed by atoms with Crippen molar-refractivity contribution < 1.29 is 45.0 Å². The molecule has 2 amide bonds. The van der Waals surface area contributed by atoms with Crippen LogP contribution in [0.4, 0.5) is 11.4 Å². The molecular weight excluding hydrogens is 929 g/mol. The van der Waals surface area contributed by atoms with E-state index in [0.29, 0.717) is 45.4 Å². The number of hydrogen-bond acceptors (Lipinski definition) is 10. The Hall–Kier alpha value is -5.94. The van der Waals surface area contributed by atoms with Crippen molar-refractivity contribution >= 4 is 67.0 Å². The summed E-state index contributed by atoms with van der Waals surface area (Å²) in [6.07, 6.45) is 11.6. The molecule has 0 saturated carbocycles. The Labute approximate surface area is 415 Å². The number of nitrogens with zero attached hydrogens (tertiary/aromatic N) is 4. The van der Waals surface area contributed by atoms with Crippen molar-refractivity contribution in [3.63, 3.8) is 0 Å². The topological polar surface area (TPSA) is 193 Å². The Kier molecular flexibility index (Phi) is 21.3. The number of amides is 2. The molecule has 0 bridgehead atoms. The van der Waals surface area contributed by atoms with Gasteiger partial charge < -0.3 is 9.47 Å². The van der Waals surface area contributed by atoms with Gasteiger partial charge in [-0.2, -0.15) is 37.1 Å². The third-order valence-electron chi connectivity index (χ3n) is 12.1. The van der Waals surface area contributed by atoms with Gasteiger partial charge in [0.05, 0.1) is 43.7 Å². The Morgan fingerprint density at radius 2 is 0.771 bits per heavy atom. The van der Waals surface area contributed by atoms with Gasteiger partial charge in [-0.1, -0.05) is 132 Å². The van der Waals surface area contributed by atoms with E-state index in [1.165, 1.54) is 97.1 Å². The van der Waals surface area contributed by atoms with E-state index < -0.39 is 20.2 Å². The van der Waals surface area contributed by atoms with Crippen LogP contribution in [0.1, 0.15) is 119 Å². The number of rotatable bonds is 19. The summed E-state index contributed by atoms with van der Waals surface area (Å²) in [5.41, 5.74) is 4.17. The molecule has 0 atom stereocenters. The van der Waals surface area contributed by atoms with Crippen LogP contribution in [0.15, 0.2) is 128 Å². The lowest BCUT2D eigenvalue weighted by Crippen LogP contribution is -2.21. The van der Waals surface area contributed by atoms with Gasteiger partial charge >= 0.3 is 0 Å². The fraction of sp³-hybridized carbons (Fsp3) is 0.407. The highest BCUT2D eigenvalue weighted by Gasteiger charge is 2.34. The summed E-state index contributed by atoms with van der Waals surface area (Å²) in [6.45, 7) is 21.8. The zero-order valence-corrected chi connectivity index (χ0v) is 43.8. The van der Waals surface area contributed by atoms with Crippen LogP contribution in [0, 0.1) is 23.7 Å². The van der Waals surface area contributed by atoms with Crippen LogP contribution in [0.2, 0.25) is 0 Å². The predicted molar refractivity (Wildman–Crippen MR) is 281 cm³/mol. The van der Waals surface area contributed by atoms with Crippen LogP contribution >= 0.6 is 0 Å². The van der Waals surface area contributed by atoms with Gasteiger partial charge in [-0.05, 0) is 120 Å². The Morgan fingerprint density at radius 3 is 1.00 bits per heavy atom. The summed E-state index contributed by atoms with van der Waals surface area (Å²) in [5, 5.41) is 11.4. The Bertz CT molecular complexity index is 2500. The highest BCUT2D eigenvalue weighted by atomic mass is 32.2. The molecule has 16 heteroatoms. The van der Waals surface area contributed by atoms with E-state index in [-0.39, 0.29) is 46.7 Å². The molecule has 0 aliphatic carbocycles. The minimum absolute atomic E-state index is 0.0755. The lowest BCUT2D eigenvalue weighted by molar-refractivity contribution is -0.115. The number of ether oxygens (including phenoxy) is 2. The SMILES string of the molecule is CC(C)C1=NN(c2ccc(S(=O)(=O)O)cc2)C(=O)/C1=C/c1ccc(OCCOc2ccc(/C=C3/C(=O)N(c4ccc(S(=O)(=O)O)cc4)N=C3C(C)C)cc2)cc1.CCC(CC)CC.CCC(CC)CC. The lowest BCUT2D eigenvalue weighted by Gasteiger charge is -2.12. The summed E-state index contributed by atoms with van der Waals surface area (Å²) in [6, 6.07) is 24.8. The van der Waals surface area contributed by atoms with Crippen molar-refractivity contribution in [2.75, 3.05) is 23.2 Å². The summed E-state index contributed by atoms with van der Waals surface area (Å²) in [7, 11) is -8.75. The largest absolute Gasteiger partial charge is 0.490 e. The standard InChI is InChI=1S/C40H38N4O10S2.2C7H16/c1-25(2)37-35(39(45)43(41-37)29-9-17-33(18-10-29)55(47,48)49)23-27-5-13-31(14-6-27)53-21-22-54-32-15-7-28(8-16-32)24-36-38(26(3)4)42-44(40(36)46)30-11-19-34(20-12-30)56(50,51)52;2*1-4-7(5-2)6-3/h5-20,23-26H,21-22H2,1-4H3,(H,47,48,49)(H,50,51,52);2*7H,4-6H2,1-3H3/b35-23+,36-24+;;. The minimum Gasteiger partial charge on any atom is -0.490 e. The average Bonchev–Trinajstić information content (AvgIpc) is 3.85. The highest BCUT2D eigenvalue weighted by molar-refractivity contribution is 7.86. The zero-order valence-electron chi connectivity index (χ0n) is 42.1. The van der Waals surface area contributed by atoms with Gasteiger partial charge in [-0.25, -0.2) is 0 Å². The van der Waals surface area contributed by atoms with E-state index in [0.717, 1.165) is 23.0 Å². The monoisotopic (exact) mass is 998 g/mol. The number of benzene rings is 4. The number of hydrazone groups is 2. The van der Waals surface area contributed by atoms with E-state index in [9.17, 15) is 35.5 Å². The molecule has 6 rings (SSSR count). The number of carbonyl (C=O) groups is 2. The third-order valence-corrected chi connectivity index (χ3v) is 13.9. The van der Waals surface area contributed by atoms with Crippen molar-refractivity contribution in [1.82, 2.24) is 0 Å². The van der Waals surface area contributed by atoms with Gasteiger partial charge in [0.15, 0.2) is 0 Å². The maximum atomic E-state index is 13.4. The van der Waals surface area contributed by atoms with Crippen LogP contribution in [0.25, 0.3) is 12.2 Å². The Morgan fingerprint density at radius 1 is 0.486 bits per heavy atom. The molecule has 0 saturated heterocycles. The van der Waals surface area contributed by atoms with Gasteiger partial charge in [0.2, 0.25) is 0 Å². The molecular formula is C54H70N4O10S2. The van der Waals surface area contributed by atoms with E-state index >= 15 is 0 Å². The van der Waals surface area contributed by atoms with Crippen molar-refractivity contribution in [1.29, 1.82) is 0 Å². The van der Waals surface area contributed by atoms with Crippen molar-refractivity contribution in [2.24, 2.45) is 33.9 Å². The van der Waals surface area contributed by atoms with Crippen LogP contribution in [-0.4, -0.2) is 62.4 Å². The third kappa shape index (κ3) is 15.8. The van der Waals surface area contributed by atoms with Crippen LogP contribution < -0.4 is 19.5 Å². The second kappa shape index (κ2) is 26.3. The Balaban J connectivity index is 0.000000664. The maximum absolute atomic E-state index is 13.4. The van der Waals surface area contributed by atoms with Crippen LogP contribution in [-0.2, 0) is 29.8 Å². The first kappa shape index (κ1) is 56.6. The summed E-state index contributed by atoms with van der Waals surface area (Å²) in [4.78, 5) is 26.2. The normalized spacial score (nSPS) is 15.1. The maximum Gasteiger partial charge on any atom is 0.294 e. The van der Waals surface area contributed by atoms with E-state index in [1.807, 2.05) is 52.0 Å². The molecule has 0 radical (unpaired) electrons. The number of anilines is 2. The summed E-state index contributed by atoms with van der Waals surface area (Å²) >= 11 is 0. The van der Waals surface area contributed by atoms with Gasteiger partial charge in [-0.15, -0.1) is 0 Å². The van der Waals surface area contributed by atoms with Crippen molar-refractivity contribution in [3.05, 3.63) is 119 Å². The molecule has 0 unspecified atom stereocenters. The predicted octanol–water partition coefficient (Wildman–Crippen LogP) is 12.2. The molecule has 0 fully saturated rings. The minimum atomic E-state index is -4.37. The highest BCUT2D eigenvalue weighted by Crippen LogP contribution is 2.31. The zero-order chi connectivity index (χ0) is 51.8. The smallest absolute Gasteiger partial charge is 0.294 e. The van der Waals surface area contributed by atoms with E-state index in [4.69, 9.17) is 9.47 Å². The first-order chi connectivity index (χ1) is 33.2. The van der Waals surface area contributed by atoms with Crippen LogP contribution in [0.5, 0.6) is 11.5 Å². The quantitative estimate of drug-likeness (QED) is 0.0519. The first-order valence-electron chi connectivity index (χ1n) is 24.1. The molecule has 14 nitrogen and oxygen atoms in total. The van der Waals surface area contributed by atoms with Gasteiger partial charge in [0.1, 0.15) is 24.7 Å². The van der Waals surface area contributed by atoms with E-state index in [1.54, 1.807) is 36.4 Å². The van der Waals surface area contributed by atoms with E-state index in [2.05, 4.69) is 51.7 Å². The molecule has 4 aromatic rings. The number of hydrogen-bond donors (Lipinski definition) is 2. The molecule has 0 spiro atoms. The average molecular weight is 999 g/mol. The second-order valence-electron chi connectivity index (χ2n) is 17.6.